The lowest BCUT2D eigenvalue weighted by Gasteiger charge is -2.14. The summed E-state index contributed by atoms with van der Waals surface area (Å²) in [7, 11) is -2.72. The fourth-order valence-corrected chi connectivity index (χ4v) is 9.35. The zero-order valence-corrected chi connectivity index (χ0v) is 17.7. The van der Waals surface area contributed by atoms with E-state index in [1.165, 1.54) is 21.2 Å². The van der Waals surface area contributed by atoms with E-state index in [1.54, 1.807) is 0 Å². The molecule has 4 rings (SSSR count). The predicted molar refractivity (Wildman–Crippen MR) is 126 cm³/mol. The summed E-state index contributed by atoms with van der Waals surface area (Å²) in [5.41, 5.74) is 0. The first-order valence-corrected chi connectivity index (χ1v) is 12.9. The van der Waals surface area contributed by atoms with Gasteiger partial charge < -0.3 is 0 Å². The molecule has 0 aromatic heterocycles. The number of nitrogens with zero attached hydrogens (tertiary/aromatic N) is 1. The van der Waals surface area contributed by atoms with Gasteiger partial charge >= 0.3 is 7.71 Å². The van der Waals surface area contributed by atoms with Crippen molar-refractivity contribution < 1.29 is 0 Å². The van der Waals surface area contributed by atoms with Gasteiger partial charge in [-0.25, -0.2) is 0 Å². The molecule has 28 heavy (non-hydrogen) atoms. The molecular weight excluding hydrogens is 376 g/mol. The van der Waals surface area contributed by atoms with Crippen molar-refractivity contribution in [2.24, 2.45) is 4.52 Å². The minimum Gasteiger partial charge on any atom is -0.0620 e. The maximum atomic E-state index is 5.66. The molecule has 0 saturated carbocycles. The van der Waals surface area contributed by atoms with Crippen LogP contribution in [0.2, 0.25) is 0 Å². The van der Waals surface area contributed by atoms with Crippen LogP contribution in [-0.2, 0) is 0 Å². The van der Waals surface area contributed by atoms with Gasteiger partial charge in [0.1, 0.15) is 10.6 Å². The lowest BCUT2D eigenvalue weighted by atomic mass is 10.4. The fraction of sp³-hybridized carbons (Fsp3) is 0.0400. The molecule has 0 bridgehead atoms. The Kier molecular flexibility index (Phi) is 5.77. The van der Waals surface area contributed by atoms with Gasteiger partial charge in [-0.3, -0.25) is 0 Å². The summed E-state index contributed by atoms with van der Waals surface area (Å²) in [4.78, 5) is 0. The summed E-state index contributed by atoms with van der Waals surface area (Å²) in [6.07, 6.45) is 0. The Morgan fingerprint density at radius 1 is 0.500 bits per heavy atom. The van der Waals surface area contributed by atoms with Crippen LogP contribution in [0.1, 0.15) is 0 Å². The van der Waals surface area contributed by atoms with Crippen molar-refractivity contribution in [1.82, 2.24) is 0 Å². The van der Waals surface area contributed by atoms with Crippen molar-refractivity contribution >= 4 is 36.3 Å². The van der Waals surface area contributed by atoms with Crippen LogP contribution < -0.4 is 21.2 Å². The van der Waals surface area contributed by atoms with Crippen LogP contribution in [0.5, 0.6) is 0 Å². The standard InChI is InChI=1S/C25H23NP2/c1-28(24-18-10-4-11-19-24,25-20-12-5-13-21-25)26-27(22-14-6-2-7-15-22)23-16-8-3-9-17-23/h2-21H,1H3/q+2. The highest BCUT2D eigenvalue weighted by Crippen LogP contribution is 2.58. The summed E-state index contributed by atoms with van der Waals surface area (Å²) in [6.45, 7) is 2.35. The predicted octanol–water partition coefficient (Wildman–Crippen LogP) is 5.52. The van der Waals surface area contributed by atoms with Gasteiger partial charge in [0.25, 0.3) is 0 Å². The lowest BCUT2D eigenvalue weighted by molar-refractivity contribution is 1.70. The van der Waals surface area contributed by atoms with E-state index in [0.717, 1.165) is 0 Å². The third kappa shape index (κ3) is 3.97. The van der Waals surface area contributed by atoms with E-state index in [9.17, 15) is 0 Å². The molecule has 4 aromatic rings. The molecule has 1 nitrogen and oxygen atoms in total. The molecule has 0 aliphatic heterocycles. The first kappa shape index (κ1) is 18.8. The molecule has 3 heteroatoms. The van der Waals surface area contributed by atoms with E-state index in [-0.39, 0.29) is 0 Å². The van der Waals surface area contributed by atoms with Crippen LogP contribution in [0.4, 0.5) is 0 Å². The summed E-state index contributed by atoms with van der Waals surface area (Å²) >= 11 is 0. The van der Waals surface area contributed by atoms with Crippen molar-refractivity contribution in [2.75, 3.05) is 6.66 Å². The molecule has 0 amide bonds. The largest absolute Gasteiger partial charge is 0.322 e. The SMILES string of the molecule is C[P+](N=[P+](c1ccccc1)c1ccccc1)(c1ccccc1)c1ccccc1. The van der Waals surface area contributed by atoms with Crippen molar-refractivity contribution in [3.8, 4) is 0 Å². The average Bonchev–Trinajstić information content (AvgIpc) is 2.80. The first-order chi connectivity index (χ1) is 13.8. The molecule has 0 radical (unpaired) electrons. The zero-order valence-electron chi connectivity index (χ0n) is 15.9. The van der Waals surface area contributed by atoms with Crippen LogP contribution in [0.25, 0.3) is 0 Å². The van der Waals surface area contributed by atoms with E-state index in [2.05, 4.69) is 128 Å². The van der Waals surface area contributed by atoms with Gasteiger partial charge in [-0.05, 0) is 48.5 Å². The molecule has 0 spiro atoms. The van der Waals surface area contributed by atoms with Crippen LogP contribution in [0, 0.1) is 0 Å². The van der Waals surface area contributed by atoms with E-state index < -0.39 is 15.1 Å². The van der Waals surface area contributed by atoms with Crippen LogP contribution >= 0.6 is 15.1 Å². The van der Waals surface area contributed by atoms with E-state index in [0.29, 0.717) is 0 Å². The van der Waals surface area contributed by atoms with E-state index in [4.69, 9.17) is 4.52 Å². The highest BCUT2D eigenvalue weighted by atomic mass is 31.2. The van der Waals surface area contributed by atoms with Gasteiger partial charge in [-0.1, -0.05) is 72.8 Å². The molecule has 0 unspecified atom stereocenters. The number of hydrogen-bond acceptors (Lipinski definition) is 1. The van der Waals surface area contributed by atoms with E-state index >= 15 is 0 Å². The summed E-state index contributed by atoms with van der Waals surface area (Å²) < 4.78 is 5.66. The van der Waals surface area contributed by atoms with Gasteiger partial charge in [0, 0.05) is 0 Å². The van der Waals surface area contributed by atoms with Gasteiger partial charge in [0.2, 0.25) is 7.41 Å². The number of rotatable bonds is 5. The van der Waals surface area contributed by atoms with Crippen molar-refractivity contribution in [1.29, 1.82) is 0 Å². The molecule has 0 aliphatic carbocycles. The van der Waals surface area contributed by atoms with Gasteiger partial charge in [0.15, 0.2) is 10.6 Å². The lowest BCUT2D eigenvalue weighted by Crippen LogP contribution is -2.20. The molecule has 4 aromatic carbocycles. The van der Waals surface area contributed by atoms with Crippen molar-refractivity contribution in [3.05, 3.63) is 121 Å². The second kappa shape index (κ2) is 8.61. The maximum Gasteiger partial charge on any atom is 0.322 e. The van der Waals surface area contributed by atoms with Crippen molar-refractivity contribution in [2.45, 2.75) is 0 Å². The first-order valence-electron chi connectivity index (χ1n) is 9.38. The Labute approximate surface area is 169 Å². The molecule has 0 N–H and O–H groups in total. The topological polar surface area (TPSA) is 12.4 Å². The van der Waals surface area contributed by atoms with Crippen LogP contribution in [-0.4, -0.2) is 6.66 Å². The fourth-order valence-electron chi connectivity index (χ4n) is 3.26. The Balaban J connectivity index is 1.97. The van der Waals surface area contributed by atoms with Gasteiger partial charge in [0.05, 0.1) is 11.2 Å². The summed E-state index contributed by atoms with van der Waals surface area (Å²) in [6, 6.07) is 43.0. The zero-order chi connectivity index (χ0) is 19.2. The van der Waals surface area contributed by atoms with Crippen LogP contribution in [0.15, 0.2) is 126 Å². The van der Waals surface area contributed by atoms with Gasteiger partial charge in [-0.15, -0.1) is 0 Å². The van der Waals surface area contributed by atoms with Gasteiger partial charge in [-0.2, -0.15) is 0 Å². The molecule has 0 heterocycles. The Morgan fingerprint density at radius 3 is 1.18 bits per heavy atom. The third-order valence-corrected chi connectivity index (χ3v) is 11.1. The molecule has 0 saturated heterocycles. The second-order valence-corrected chi connectivity index (χ2v) is 12.0. The highest BCUT2D eigenvalue weighted by molar-refractivity contribution is 7.91. The average molecular weight is 399 g/mol. The monoisotopic (exact) mass is 399 g/mol. The quantitative estimate of drug-likeness (QED) is 0.392. The minimum absolute atomic E-state index is 0.812. The molecule has 0 aliphatic rings. The smallest absolute Gasteiger partial charge is 0.0620 e. The summed E-state index contributed by atoms with van der Waals surface area (Å²) in [5, 5.41) is 5.23. The van der Waals surface area contributed by atoms with Crippen LogP contribution in [0.3, 0.4) is 0 Å². The number of benzene rings is 4. The molecule has 0 fully saturated rings. The Bertz CT molecular complexity index is 966. The second-order valence-electron chi connectivity index (χ2n) is 6.70. The highest BCUT2D eigenvalue weighted by Gasteiger charge is 2.44. The number of hydrogen-bond donors (Lipinski definition) is 0. The molecule has 0 atom stereocenters. The van der Waals surface area contributed by atoms with E-state index in [1.807, 2.05) is 0 Å². The Hall–Kier alpha value is -2.59. The summed E-state index contributed by atoms with van der Waals surface area (Å²) in [5.74, 6) is 0. The molecular formula is C25H23NP2+2. The normalized spacial score (nSPS) is 11.0. The Morgan fingerprint density at radius 2 is 0.821 bits per heavy atom. The third-order valence-electron chi connectivity index (χ3n) is 4.79. The molecule has 136 valence electrons. The maximum absolute atomic E-state index is 5.66. The minimum atomic E-state index is -1.91. The van der Waals surface area contributed by atoms with Crippen molar-refractivity contribution in [3.63, 3.8) is 0 Å².